The molecule has 0 aromatic carbocycles. The molecule has 1 aromatic heterocycles. The van der Waals surface area contributed by atoms with Crippen LogP contribution in [0.4, 0.5) is 0 Å². The van der Waals surface area contributed by atoms with Crippen LogP contribution in [0.15, 0.2) is 12.4 Å². The molecule has 2 heterocycles. The Kier molecular flexibility index (Phi) is 3.96. The molecule has 0 unspecified atom stereocenters. The molecular formula is C12H22N4. The lowest BCUT2D eigenvalue weighted by Crippen LogP contribution is -2.40. The third-order valence-electron chi connectivity index (χ3n) is 3.41. The van der Waals surface area contributed by atoms with Gasteiger partial charge in [-0.05, 0) is 39.9 Å². The Balaban J connectivity index is 1.82. The van der Waals surface area contributed by atoms with Crippen LogP contribution < -0.4 is 5.32 Å². The van der Waals surface area contributed by atoms with Crippen LogP contribution in [-0.2, 0) is 13.1 Å². The molecule has 1 aromatic rings. The molecule has 2 rings (SSSR count). The van der Waals surface area contributed by atoms with Gasteiger partial charge in [0, 0.05) is 30.9 Å². The van der Waals surface area contributed by atoms with Crippen LogP contribution in [0, 0.1) is 0 Å². The van der Waals surface area contributed by atoms with E-state index in [2.05, 4.69) is 35.5 Å². The molecule has 16 heavy (non-hydrogen) atoms. The number of hydrogen-bond donors (Lipinski definition) is 1. The van der Waals surface area contributed by atoms with E-state index < -0.39 is 0 Å². The van der Waals surface area contributed by atoms with Gasteiger partial charge in [0.15, 0.2) is 0 Å². The Labute approximate surface area is 97.6 Å². The Morgan fingerprint density at radius 2 is 2.19 bits per heavy atom. The van der Waals surface area contributed by atoms with Crippen molar-refractivity contribution in [2.45, 2.75) is 38.9 Å². The largest absolute Gasteiger partial charge is 0.317 e. The average Bonchev–Trinajstić information content (AvgIpc) is 2.78. The second-order valence-corrected chi connectivity index (χ2v) is 4.54. The summed E-state index contributed by atoms with van der Waals surface area (Å²) in [7, 11) is 2.06. The number of aryl methyl sites for hydroxylation is 1. The Morgan fingerprint density at radius 3 is 2.75 bits per heavy atom. The summed E-state index contributed by atoms with van der Waals surface area (Å²) in [4.78, 5) is 2.52. The predicted octanol–water partition coefficient (Wildman–Crippen LogP) is 1.09. The fourth-order valence-corrected chi connectivity index (χ4v) is 2.30. The first-order valence-electron chi connectivity index (χ1n) is 6.22. The smallest absolute Gasteiger partial charge is 0.0534 e. The average molecular weight is 222 g/mol. The fraction of sp³-hybridized carbons (Fsp3) is 0.750. The zero-order chi connectivity index (χ0) is 11.4. The first kappa shape index (κ1) is 11.6. The van der Waals surface area contributed by atoms with Gasteiger partial charge in [0.2, 0.25) is 0 Å². The number of hydrogen-bond acceptors (Lipinski definition) is 3. The van der Waals surface area contributed by atoms with Gasteiger partial charge in [-0.15, -0.1) is 0 Å². The SMILES string of the molecule is CCn1cc(CN2CCC(NC)CC2)cn1. The lowest BCUT2D eigenvalue weighted by atomic mass is 10.1. The molecule has 0 atom stereocenters. The molecule has 4 nitrogen and oxygen atoms in total. The number of likely N-dealkylation sites (tertiary alicyclic amines) is 1. The Bertz CT molecular complexity index is 313. The first-order valence-corrected chi connectivity index (χ1v) is 6.22. The van der Waals surface area contributed by atoms with Gasteiger partial charge >= 0.3 is 0 Å². The molecule has 90 valence electrons. The second kappa shape index (κ2) is 5.46. The zero-order valence-electron chi connectivity index (χ0n) is 10.3. The molecule has 1 N–H and O–H groups in total. The number of piperidine rings is 1. The highest BCUT2D eigenvalue weighted by atomic mass is 15.3. The van der Waals surface area contributed by atoms with Crippen molar-refractivity contribution >= 4 is 0 Å². The minimum Gasteiger partial charge on any atom is -0.317 e. The maximum Gasteiger partial charge on any atom is 0.0534 e. The molecule has 0 spiro atoms. The number of aromatic nitrogens is 2. The minimum atomic E-state index is 0.717. The van der Waals surface area contributed by atoms with Crippen molar-refractivity contribution in [1.82, 2.24) is 20.0 Å². The third-order valence-corrected chi connectivity index (χ3v) is 3.41. The van der Waals surface area contributed by atoms with Crippen LogP contribution in [0.2, 0.25) is 0 Å². The lowest BCUT2D eigenvalue weighted by Gasteiger charge is -2.31. The monoisotopic (exact) mass is 222 g/mol. The number of nitrogens with one attached hydrogen (secondary N) is 1. The van der Waals surface area contributed by atoms with Gasteiger partial charge in [-0.2, -0.15) is 5.10 Å². The van der Waals surface area contributed by atoms with Crippen molar-refractivity contribution in [3.05, 3.63) is 18.0 Å². The van der Waals surface area contributed by atoms with E-state index in [-0.39, 0.29) is 0 Å². The maximum absolute atomic E-state index is 4.31. The summed E-state index contributed by atoms with van der Waals surface area (Å²) in [5.74, 6) is 0. The molecule has 0 amide bonds. The quantitative estimate of drug-likeness (QED) is 0.828. The van der Waals surface area contributed by atoms with E-state index in [9.17, 15) is 0 Å². The summed E-state index contributed by atoms with van der Waals surface area (Å²) >= 11 is 0. The summed E-state index contributed by atoms with van der Waals surface area (Å²) in [6, 6.07) is 0.717. The van der Waals surface area contributed by atoms with Gasteiger partial charge in [-0.1, -0.05) is 0 Å². The summed E-state index contributed by atoms with van der Waals surface area (Å²) < 4.78 is 2.00. The van der Waals surface area contributed by atoms with Crippen LogP contribution in [0.5, 0.6) is 0 Å². The predicted molar refractivity (Wildman–Crippen MR) is 65.3 cm³/mol. The number of rotatable bonds is 4. The topological polar surface area (TPSA) is 33.1 Å². The molecule has 0 saturated carbocycles. The fourth-order valence-electron chi connectivity index (χ4n) is 2.30. The van der Waals surface area contributed by atoms with E-state index in [0.717, 1.165) is 19.1 Å². The van der Waals surface area contributed by atoms with Crippen molar-refractivity contribution in [3.63, 3.8) is 0 Å². The van der Waals surface area contributed by atoms with E-state index in [0.29, 0.717) is 0 Å². The van der Waals surface area contributed by atoms with E-state index in [4.69, 9.17) is 0 Å². The van der Waals surface area contributed by atoms with Crippen LogP contribution in [0.1, 0.15) is 25.3 Å². The minimum absolute atomic E-state index is 0.717. The zero-order valence-corrected chi connectivity index (χ0v) is 10.3. The van der Waals surface area contributed by atoms with E-state index >= 15 is 0 Å². The Morgan fingerprint density at radius 1 is 1.44 bits per heavy atom. The van der Waals surface area contributed by atoms with Crippen LogP contribution in [-0.4, -0.2) is 40.9 Å². The molecule has 0 aliphatic carbocycles. The third kappa shape index (κ3) is 2.83. The molecule has 0 bridgehead atoms. The number of nitrogens with zero attached hydrogens (tertiary/aromatic N) is 3. The van der Waals surface area contributed by atoms with Crippen molar-refractivity contribution in [1.29, 1.82) is 0 Å². The van der Waals surface area contributed by atoms with Crippen molar-refractivity contribution < 1.29 is 0 Å². The van der Waals surface area contributed by atoms with Gasteiger partial charge in [0.05, 0.1) is 6.20 Å². The summed E-state index contributed by atoms with van der Waals surface area (Å²) in [6.45, 7) is 6.53. The Hall–Kier alpha value is -0.870. The van der Waals surface area contributed by atoms with Gasteiger partial charge in [0.25, 0.3) is 0 Å². The summed E-state index contributed by atoms with van der Waals surface area (Å²) in [5.41, 5.74) is 1.34. The highest BCUT2D eigenvalue weighted by Crippen LogP contribution is 2.13. The highest BCUT2D eigenvalue weighted by Gasteiger charge is 2.17. The van der Waals surface area contributed by atoms with Crippen molar-refractivity contribution in [2.75, 3.05) is 20.1 Å². The molecule has 4 heteroatoms. The molecular weight excluding hydrogens is 200 g/mol. The first-order chi connectivity index (χ1) is 7.81. The lowest BCUT2D eigenvalue weighted by molar-refractivity contribution is 0.194. The molecule has 1 aliphatic rings. The van der Waals surface area contributed by atoms with Gasteiger partial charge in [-0.3, -0.25) is 9.58 Å². The molecule has 1 aliphatic heterocycles. The molecule has 0 radical (unpaired) electrons. The molecule has 1 saturated heterocycles. The van der Waals surface area contributed by atoms with E-state index in [1.54, 1.807) is 0 Å². The van der Waals surface area contributed by atoms with Gasteiger partial charge in [-0.25, -0.2) is 0 Å². The molecule has 1 fully saturated rings. The maximum atomic E-state index is 4.31. The highest BCUT2D eigenvalue weighted by molar-refractivity contribution is 5.03. The van der Waals surface area contributed by atoms with Gasteiger partial charge in [0.1, 0.15) is 0 Å². The normalized spacial score (nSPS) is 19.1. The van der Waals surface area contributed by atoms with E-state index in [1.807, 2.05) is 10.9 Å². The summed E-state index contributed by atoms with van der Waals surface area (Å²) in [6.07, 6.45) is 6.68. The standard InChI is InChI=1S/C12H22N4/c1-3-16-10-11(8-14-16)9-15-6-4-12(13-2)5-7-15/h8,10,12-13H,3-7,9H2,1-2H3. The van der Waals surface area contributed by atoms with Crippen molar-refractivity contribution in [2.24, 2.45) is 0 Å². The summed E-state index contributed by atoms with van der Waals surface area (Å²) in [5, 5.41) is 7.67. The van der Waals surface area contributed by atoms with Crippen LogP contribution in [0.3, 0.4) is 0 Å². The van der Waals surface area contributed by atoms with Crippen molar-refractivity contribution in [3.8, 4) is 0 Å². The van der Waals surface area contributed by atoms with Crippen LogP contribution >= 0.6 is 0 Å². The van der Waals surface area contributed by atoms with E-state index in [1.165, 1.54) is 31.5 Å². The van der Waals surface area contributed by atoms with Crippen LogP contribution in [0.25, 0.3) is 0 Å². The second-order valence-electron chi connectivity index (χ2n) is 4.54. The van der Waals surface area contributed by atoms with Gasteiger partial charge < -0.3 is 5.32 Å².